The van der Waals surface area contributed by atoms with E-state index in [1.165, 1.54) is 0 Å². The SMILES string of the molecule is O=C(O)COCC(=O)NCc1nn[nH]n1. The van der Waals surface area contributed by atoms with E-state index in [9.17, 15) is 9.59 Å². The Labute approximate surface area is 83.8 Å². The van der Waals surface area contributed by atoms with Crippen LogP contribution in [0.1, 0.15) is 5.82 Å². The van der Waals surface area contributed by atoms with Gasteiger partial charge in [0.05, 0.1) is 6.54 Å². The number of carbonyl (C=O) groups excluding carboxylic acids is 1. The summed E-state index contributed by atoms with van der Waals surface area (Å²) in [6, 6.07) is 0. The predicted octanol–water partition coefficient (Wildman–Crippen LogP) is -2.08. The second kappa shape index (κ2) is 5.65. The highest BCUT2D eigenvalue weighted by atomic mass is 16.5. The van der Waals surface area contributed by atoms with Crippen LogP contribution in [0.25, 0.3) is 0 Å². The number of amides is 1. The number of aliphatic carboxylic acids is 1. The predicted molar refractivity (Wildman–Crippen MR) is 44.5 cm³/mol. The molecule has 0 spiro atoms. The van der Waals surface area contributed by atoms with Crippen LogP contribution in [0.2, 0.25) is 0 Å². The molecule has 1 aromatic heterocycles. The molecule has 0 unspecified atom stereocenters. The largest absolute Gasteiger partial charge is 0.480 e. The number of aromatic nitrogens is 4. The highest BCUT2D eigenvalue weighted by Gasteiger charge is 2.05. The van der Waals surface area contributed by atoms with Gasteiger partial charge in [0.2, 0.25) is 5.91 Å². The first kappa shape index (κ1) is 11.0. The fourth-order valence-corrected chi connectivity index (χ4v) is 0.717. The number of nitrogens with one attached hydrogen (secondary N) is 2. The van der Waals surface area contributed by atoms with Crippen molar-refractivity contribution >= 4 is 11.9 Å². The Bertz CT molecular complexity index is 324. The van der Waals surface area contributed by atoms with Crippen LogP contribution in [0.5, 0.6) is 0 Å². The van der Waals surface area contributed by atoms with Crippen LogP contribution in [0.3, 0.4) is 0 Å². The molecule has 0 aliphatic carbocycles. The molecule has 0 saturated carbocycles. The van der Waals surface area contributed by atoms with E-state index in [2.05, 4.69) is 30.7 Å². The Morgan fingerprint density at radius 3 is 2.87 bits per heavy atom. The summed E-state index contributed by atoms with van der Waals surface area (Å²) in [6.45, 7) is -0.703. The van der Waals surface area contributed by atoms with Crippen LogP contribution in [0, 0.1) is 0 Å². The van der Waals surface area contributed by atoms with Crippen molar-refractivity contribution in [1.82, 2.24) is 25.9 Å². The van der Waals surface area contributed by atoms with Gasteiger partial charge in [-0.25, -0.2) is 4.79 Å². The molecule has 1 amide bonds. The topological polar surface area (TPSA) is 130 Å². The zero-order valence-electron chi connectivity index (χ0n) is 7.63. The number of nitrogens with zero attached hydrogens (tertiary/aromatic N) is 3. The van der Waals surface area contributed by atoms with Crippen molar-refractivity contribution in [3.63, 3.8) is 0 Å². The lowest BCUT2D eigenvalue weighted by atomic mass is 10.5. The van der Waals surface area contributed by atoms with E-state index in [4.69, 9.17) is 5.11 Å². The first-order valence-electron chi connectivity index (χ1n) is 3.97. The van der Waals surface area contributed by atoms with Crippen LogP contribution >= 0.6 is 0 Å². The Balaban J connectivity index is 2.11. The number of ether oxygens (including phenoxy) is 1. The minimum Gasteiger partial charge on any atom is -0.480 e. The molecule has 0 atom stereocenters. The molecule has 1 rings (SSSR count). The number of rotatable bonds is 6. The minimum atomic E-state index is -1.12. The monoisotopic (exact) mass is 215 g/mol. The number of tetrazole rings is 1. The van der Waals surface area contributed by atoms with Gasteiger partial charge < -0.3 is 15.2 Å². The first-order valence-corrected chi connectivity index (χ1v) is 3.97. The normalized spacial score (nSPS) is 9.87. The van der Waals surface area contributed by atoms with E-state index in [0.717, 1.165) is 0 Å². The highest BCUT2D eigenvalue weighted by molar-refractivity contribution is 5.77. The number of hydrogen-bond donors (Lipinski definition) is 3. The molecule has 15 heavy (non-hydrogen) atoms. The lowest BCUT2D eigenvalue weighted by molar-refractivity contribution is -0.143. The lowest BCUT2D eigenvalue weighted by Crippen LogP contribution is -2.28. The van der Waals surface area contributed by atoms with E-state index < -0.39 is 18.5 Å². The maximum absolute atomic E-state index is 11.0. The highest BCUT2D eigenvalue weighted by Crippen LogP contribution is 1.82. The van der Waals surface area contributed by atoms with Gasteiger partial charge in [0.25, 0.3) is 0 Å². The van der Waals surface area contributed by atoms with Crippen molar-refractivity contribution in [2.75, 3.05) is 13.2 Å². The van der Waals surface area contributed by atoms with Crippen molar-refractivity contribution in [3.8, 4) is 0 Å². The summed E-state index contributed by atoms with van der Waals surface area (Å²) in [5.41, 5.74) is 0. The average molecular weight is 215 g/mol. The average Bonchev–Trinajstić information content (AvgIpc) is 2.66. The van der Waals surface area contributed by atoms with Crippen LogP contribution in [-0.4, -0.2) is 50.8 Å². The van der Waals surface area contributed by atoms with Crippen molar-refractivity contribution in [2.45, 2.75) is 6.54 Å². The van der Waals surface area contributed by atoms with Gasteiger partial charge in [-0.1, -0.05) is 5.21 Å². The summed E-state index contributed by atoms with van der Waals surface area (Å²) < 4.78 is 4.55. The van der Waals surface area contributed by atoms with E-state index >= 15 is 0 Å². The van der Waals surface area contributed by atoms with Crippen molar-refractivity contribution < 1.29 is 19.4 Å². The molecule has 1 heterocycles. The number of carboxylic acid groups (broad SMARTS) is 1. The zero-order valence-corrected chi connectivity index (χ0v) is 7.63. The van der Waals surface area contributed by atoms with E-state index in [-0.39, 0.29) is 13.2 Å². The Kier molecular flexibility index (Phi) is 4.16. The smallest absolute Gasteiger partial charge is 0.329 e. The number of hydrogen-bond acceptors (Lipinski definition) is 6. The number of H-pyrrole nitrogens is 1. The molecule has 0 aliphatic heterocycles. The van der Waals surface area contributed by atoms with Gasteiger partial charge in [-0.2, -0.15) is 5.21 Å². The molecule has 0 bridgehead atoms. The van der Waals surface area contributed by atoms with Crippen LogP contribution in [0.4, 0.5) is 0 Å². The number of aromatic amines is 1. The van der Waals surface area contributed by atoms with Crippen molar-refractivity contribution in [2.24, 2.45) is 0 Å². The molecular formula is C6H9N5O4. The molecular weight excluding hydrogens is 206 g/mol. The zero-order chi connectivity index (χ0) is 11.1. The molecule has 0 fully saturated rings. The fourth-order valence-electron chi connectivity index (χ4n) is 0.717. The summed E-state index contributed by atoms with van der Waals surface area (Å²) >= 11 is 0. The number of carbonyl (C=O) groups is 2. The van der Waals surface area contributed by atoms with Crippen LogP contribution in [-0.2, 0) is 20.9 Å². The summed E-state index contributed by atoms with van der Waals surface area (Å²) in [6.07, 6.45) is 0. The molecule has 0 radical (unpaired) electrons. The fraction of sp³-hybridized carbons (Fsp3) is 0.500. The molecule has 0 aromatic carbocycles. The van der Waals surface area contributed by atoms with Crippen LogP contribution in [0.15, 0.2) is 0 Å². The van der Waals surface area contributed by atoms with Gasteiger partial charge in [0.1, 0.15) is 13.2 Å². The van der Waals surface area contributed by atoms with E-state index in [1.54, 1.807) is 0 Å². The third kappa shape index (κ3) is 4.67. The maximum Gasteiger partial charge on any atom is 0.329 e. The van der Waals surface area contributed by atoms with Crippen molar-refractivity contribution in [3.05, 3.63) is 5.82 Å². The quantitative estimate of drug-likeness (QED) is 0.496. The van der Waals surface area contributed by atoms with E-state index in [1.807, 2.05) is 0 Å². The summed E-state index contributed by atoms with van der Waals surface area (Å²) in [7, 11) is 0. The lowest BCUT2D eigenvalue weighted by Gasteiger charge is -2.01. The van der Waals surface area contributed by atoms with Gasteiger partial charge in [-0.3, -0.25) is 4.79 Å². The number of carboxylic acids is 1. The maximum atomic E-state index is 11.0. The van der Waals surface area contributed by atoms with Gasteiger partial charge in [-0.05, 0) is 0 Å². The summed E-state index contributed by atoms with van der Waals surface area (Å²) in [5.74, 6) is -1.23. The van der Waals surface area contributed by atoms with Gasteiger partial charge in [-0.15, -0.1) is 10.2 Å². The molecule has 9 heteroatoms. The minimum absolute atomic E-state index is 0.117. The molecule has 3 N–H and O–H groups in total. The summed E-state index contributed by atoms with van der Waals surface area (Å²) in [4.78, 5) is 21.0. The van der Waals surface area contributed by atoms with Crippen LogP contribution < -0.4 is 5.32 Å². The second-order valence-electron chi connectivity index (χ2n) is 2.49. The Hall–Kier alpha value is -2.03. The van der Waals surface area contributed by atoms with Gasteiger partial charge in [0.15, 0.2) is 5.82 Å². The molecule has 0 saturated heterocycles. The third-order valence-electron chi connectivity index (χ3n) is 1.29. The third-order valence-corrected chi connectivity index (χ3v) is 1.29. The Morgan fingerprint density at radius 2 is 2.27 bits per heavy atom. The standard InChI is InChI=1S/C6H9N5O4/c12-5(2-15-3-6(13)14)7-1-4-8-10-11-9-4/h1-3H2,(H,7,12)(H,13,14)(H,8,9,10,11). The second-order valence-corrected chi connectivity index (χ2v) is 2.49. The van der Waals surface area contributed by atoms with Crippen molar-refractivity contribution in [1.29, 1.82) is 0 Å². The molecule has 1 aromatic rings. The van der Waals surface area contributed by atoms with E-state index in [0.29, 0.717) is 5.82 Å². The van der Waals surface area contributed by atoms with Gasteiger partial charge in [0, 0.05) is 0 Å². The molecule has 0 aliphatic rings. The van der Waals surface area contributed by atoms with Gasteiger partial charge >= 0.3 is 5.97 Å². The molecule has 9 nitrogen and oxygen atoms in total. The first-order chi connectivity index (χ1) is 7.18. The Morgan fingerprint density at radius 1 is 1.47 bits per heavy atom. The molecule has 82 valence electrons. The summed E-state index contributed by atoms with van der Waals surface area (Å²) in [5, 5.41) is 23.3.